The van der Waals surface area contributed by atoms with Crippen molar-refractivity contribution in [2.75, 3.05) is 7.11 Å². The molecule has 5 nitrogen and oxygen atoms in total. The fraction of sp³-hybridized carbons (Fsp3) is 0.265. The van der Waals surface area contributed by atoms with Crippen molar-refractivity contribution >= 4 is 0 Å². The summed E-state index contributed by atoms with van der Waals surface area (Å²) in [5.74, 6) is 0.852. The van der Waals surface area contributed by atoms with Crippen molar-refractivity contribution in [3.63, 3.8) is 0 Å². The van der Waals surface area contributed by atoms with Gasteiger partial charge in [-0.1, -0.05) is 152 Å². The second kappa shape index (κ2) is 18.8. The van der Waals surface area contributed by atoms with E-state index in [-0.39, 0.29) is 12.2 Å². The van der Waals surface area contributed by atoms with E-state index >= 15 is 0 Å². The van der Waals surface area contributed by atoms with Crippen LogP contribution in [-0.4, -0.2) is 31.5 Å². The van der Waals surface area contributed by atoms with Crippen LogP contribution in [0.3, 0.4) is 0 Å². The van der Waals surface area contributed by atoms with Gasteiger partial charge in [0.05, 0.1) is 33.0 Å². The standard InChI is InChI=1S/C49H50O5/c1-36-23-27-42(32-43(36)31-38-24-28-44(50-2)29-25-38)46-48(52-34-40-19-11-5-12-20-40)49(53-35-41-21-13-6-14-22-41)47(51-33-39-17-9-4-10-18-39)45(54-46)30-26-37-15-7-3-8-16-37/h3-25,27-29,32,45-49H,26,30-31,33-35H2,1-2H3. The van der Waals surface area contributed by atoms with Crippen molar-refractivity contribution in [2.24, 2.45) is 0 Å². The second-order valence-electron chi connectivity index (χ2n) is 14.1. The third-order valence-corrected chi connectivity index (χ3v) is 10.3. The first kappa shape index (κ1) is 37.3. The van der Waals surface area contributed by atoms with Crippen LogP contribution in [0.5, 0.6) is 5.75 Å². The molecule has 1 aliphatic rings. The van der Waals surface area contributed by atoms with Crippen LogP contribution in [-0.2, 0) is 51.6 Å². The smallest absolute Gasteiger partial charge is 0.118 e. The lowest BCUT2D eigenvalue weighted by Gasteiger charge is -2.47. The molecule has 1 saturated heterocycles. The molecule has 1 aliphatic heterocycles. The number of aryl methyl sites for hydroxylation is 2. The van der Waals surface area contributed by atoms with Crippen molar-refractivity contribution < 1.29 is 23.7 Å². The highest BCUT2D eigenvalue weighted by atomic mass is 16.6. The molecule has 1 fully saturated rings. The van der Waals surface area contributed by atoms with Crippen LogP contribution >= 0.6 is 0 Å². The highest BCUT2D eigenvalue weighted by molar-refractivity contribution is 5.38. The highest BCUT2D eigenvalue weighted by Crippen LogP contribution is 2.40. The summed E-state index contributed by atoms with van der Waals surface area (Å²) in [4.78, 5) is 0. The molecular weight excluding hydrogens is 669 g/mol. The number of ether oxygens (including phenoxy) is 5. The first-order chi connectivity index (χ1) is 26.6. The van der Waals surface area contributed by atoms with Crippen LogP contribution in [0, 0.1) is 6.92 Å². The average molecular weight is 719 g/mol. The molecule has 6 aromatic carbocycles. The number of rotatable bonds is 16. The SMILES string of the molecule is COc1ccc(Cc2cc(C3OC(CCc4ccccc4)C(OCc4ccccc4)C(OCc4ccccc4)C3OCc3ccccc3)ccc2C)cc1. The number of benzene rings is 6. The Balaban J connectivity index is 1.27. The molecule has 5 unspecified atom stereocenters. The molecule has 54 heavy (non-hydrogen) atoms. The summed E-state index contributed by atoms with van der Waals surface area (Å²) in [7, 11) is 1.70. The van der Waals surface area contributed by atoms with Gasteiger partial charge in [-0.25, -0.2) is 0 Å². The van der Waals surface area contributed by atoms with Gasteiger partial charge in [-0.3, -0.25) is 0 Å². The van der Waals surface area contributed by atoms with E-state index < -0.39 is 18.3 Å². The van der Waals surface area contributed by atoms with Crippen molar-refractivity contribution in [3.8, 4) is 5.75 Å². The van der Waals surface area contributed by atoms with Gasteiger partial charge in [0.25, 0.3) is 0 Å². The van der Waals surface area contributed by atoms with E-state index in [0.29, 0.717) is 19.8 Å². The Morgan fingerprint density at radius 3 is 1.54 bits per heavy atom. The first-order valence-electron chi connectivity index (χ1n) is 19.0. The van der Waals surface area contributed by atoms with E-state index in [0.717, 1.165) is 47.3 Å². The van der Waals surface area contributed by atoms with Crippen molar-refractivity contribution in [1.82, 2.24) is 0 Å². The highest BCUT2D eigenvalue weighted by Gasteiger charge is 2.48. The van der Waals surface area contributed by atoms with Crippen LogP contribution in [0.2, 0.25) is 0 Å². The van der Waals surface area contributed by atoms with E-state index in [9.17, 15) is 0 Å². The molecule has 276 valence electrons. The second-order valence-corrected chi connectivity index (χ2v) is 14.1. The lowest BCUT2D eigenvalue weighted by Crippen LogP contribution is -2.57. The average Bonchev–Trinajstić information content (AvgIpc) is 3.23. The molecule has 1 heterocycles. The predicted molar refractivity (Wildman–Crippen MR) is 214 cm³/mol. The largest absolute Gasteiger partial charge is 0.497 e. The summed E-state index contributed by atoms with van der Waals surface area (Å²) in [5.41, 5.74) is 9.32. The number of hydrogen-bond acceptors (Lipinski definition) is 5. The molecule has 5 heteroatoms. The summed E-state index contributed by atoms with van der Waals surface area (Å²) in [6.45, 7) is 3.46. The molecule has 0 saturated carbocycles. The minimum atomic E-state index is -0.459. The molecule has 0 radical (unpaired) electrons. The van der Waals surface area contributed by atoms with E-state index in [4.69, 9.17) is 23.7 Å². The minimum Gasteiger partial charge on any atom is -0.497 e. The zero-order chi connectivity index (χ0) is 37.0. The van der Waals surface area contributed by atoms with Crippen molar-refractivity contribution in [3.05, 3.63) is 208 Å². The minimum absolute atomic E-state index is 0.261. The van der Waals surface area contributed by atoms with E-state index in [1.807, 2.05) is 42.5 Å². The molecule has 7 rings (SSSR count). The van der Waals surface area contributed by atoms with Gasteiger partial charge in [-0.15, -0.1) is 0 Å². The van der Waals surface area contributed by atoms with Gasteiger partial charge in [0.1, 0.15) is 30.2 Å². The Kier molecular flexibility index (Phi) is 13.0. The summed E-state index contributed by atoms with van der Waals surface area (Å²) in [5, 5.41) is 0. The van der Waals surface area contributed by atoms with Crippen molar-refractivity contribution in [2.45, 2.75) is 76.5 Å². The Bertz CT molecular complexity index is 1980. The molecule has 0 aliphatic carbocycles. The third kappa shape index (κ3) is 9.93. The Morgan fingerprint density at radius 1 is 0.500 bits per heavy atom. The van der Waals surface area contributed by atoms with Gasteiger partial charge in [0.2, 0.25) is 0 Å². The van der Waals surface area contributed by atoms with E-state index in [1.165, 1.54) is 22.3 Å². The Hall–Kier alpha value is -5.04. The quantitative estimate of drug-likeness (QED) is 0.0997. The predicted octanol–water partition coefficient (Wildman–Crippen LogP) is 10.4. The van der Waals surface area contributed by atoms with Crippen molar-refractivity contribution in [1.29, 1.82) is 0 Å². The van der Waals surface area contributed by atoms with E-state index in [1.54, 1.807) is 7.11 Å². The van der Waals surface area contributed by atoms with Crippen LogP contribution in [0.1, 0.15) is 57.0 Å². The van der Waals surface area contributed by atoms with Gasteiger partial charge >= 0.3 is 0 Å². The maximum absolute atomic E-state index is 7.31. The fourth-order valence-corrected chi connectivity index (χ4v) is 7.26. The molecule has 0 bridgehead atoms. The third-order valence-electron chi connectivity index (χ3n) is 10.3. The number of methoxy groups -OCH3 is 1. The lowest BCUT2D eigenvalue weighted by atomic mass is 9.86. The zero-order valence-electron chi connectivity index (χ0n) is 31.3. The zero-order valence-corrected chi connectivity index (χ0v) is 31.3. The normalized spacial score (nSPS) is 19.7. The molecule has 0 N–H and O–H groups in total. The first-order valence-corrected chi connectivity index (χ1v) is 19.0. The van der Waals surface area contributed by atoms with Gasteiger partial charge in [-0.2, -0.15) is 0 Å². The Morgan fingerprint density at radius 2 is 1.00 bits per heavy atom. The molecule has 0 amide bonds. The molecule has 5 atom stereocenters. The van der Waals surface area contributed by atoms with E-state index in [2.05, 4.69) is 128 Å². The summed E-state index contributed by atoms with van der Waals surface area (Å²) in [6, 6.07) is 56.7. The summed E-state index contributed by atoms with van der Waals surface area (Å²) >= 11 is 0. The van der Waals surface area contributed by atoms with Gasteiger partial charge in [0, 0.05) is 0 Å². The topological polar surface area (TPSA) is 46.2 Å². The maximum atomic E-state index is 7.31. The molecule has 0 aromatic heterocycles. The van der Waals surface area contributed by atoms with Crippen LogP contribution < -0.4 is 4.74 Å². The molecule has 0 spiro atoms. The summed E-state index contributed by atoms with van der Waals surface area (Å²) < 4.78 is 33.7. The number of hydrogen-bond donors (Lipinski definition) is 0. The molecule has 6 aromatic rings. The van der Waals surface area contributed by atoms with Gasteiger partial charge < -0.3 is 23.7 Å². The fourth-order valence-electron chi connectivity index (χ4n) is 7.26. The molecular formula is C49H50O5. The maximum Gasteiger partial charge on any atom is 0.118 e. The summed E-state index contributed by atoms with van der Waals surface area (Å²) in [6.07, 6.45) is 0.466. The van der Waals surface area contributed by atoms with Crippen LogP contribution in [0.15, 0.2) is 164 Å². The van der Waals surface area contributed by atoms with Crippen LogP contribution in [0.4, 0.5) is 0 Å². The van der Waals surface area contributed by atoms with Crippen LogP contribution in [0.25, 0.3) is 0 Å². The van der Waals surface area contributed by atoms with Gasteiger partial charge in [-0.05, 0) is 82.8 Å². The Labute approximate surface area is 320 Å². The van der Waals surface area contributed by atoms with Gasteiger partial charge in [0.15, 0.2) is 0 Å². The monoisotopic (exact) mass is 718 g/mol. The lowest BCUT2D eigenvalue weighted by molar-refractivity contribution is -0.268.